The molecule has 0 aliphatic carbocycles. The van der Waals surface area contributed by atoms with Gasteiger partial charge in [0.25, 0.3) is 0 Å². The van der Waals surface area contributed by atoms with Gasteiger partial charge in [0.05, 0.1) is 18.1 Å². The predicted molar refractivity (Wildman–Crippen MR) is 108 cm³/mol. The van der Waals surface area contributed by atoms with Crippen LogP contribution in [0.3, 0.4) is 0 Å². The quantitative estimate of drug-likeness (QED) is 0.254. The maximum absolute atomic E-state index is 11.4. The maximum atomic E-state index is 11.4. The van der Waals surface area contributed by atoms with Crippen molar-refractivity contribution in [3.05, 3.63) is 0 Å². The second kappa shape index (κ2) is 17.8. The molecular formula is C22H44O4. The molecular weight excluding hydrogens is 328 g/mol. The molecule has 0 spiro atoms. The van der Waals surface area contributed by atoms with E-state index in [-0.39, 0.29) is 6.42 Å². The molecule has 3 atom stereocenters. The van der Waals surface area contributed by atoms with E-state index in [9.17, 15) is 20.1 Å². The van der Waals surface area contributed by atoms with Crippen molar-refractivity contribution in [2.24, 2.45) is 5.92 Å². The van der Waals surface area contributed by atoms with Crippen LogP contribution in [0.1, 0.15) is 117 Å². The normalized spacial score (nSPS) is 14.9. The zero-order valence-electron chi connectivity index (χ0n) is 17.3. The lowest BCUT2D eigenvalue weighted by Crippen LogP contribution is -2.31. The number of rotatable bonds is 19. The van der Waals surface area contributed by atoms with Crippen molar-refractivity contribution in [1.82, 2.24) is 0 Å². The van der Waals surface area contributed by atoms with E-state index >= 15 is 0 Å². The molecule has 1 unspecified atom stereocenters. The summed E-state index contributed by atoms with van der Waals surface area (Å²) in [5.74, 6) is -1.69. The fourth-order valence-electron chi connectivity index (χ4n) is 3.52. The molecule has 0 aromatic heterocycles. The SMILES string of the molecule is CCCCCCCCCCC[C@H](O)C[C@H](O)C(CCCCCC)C(=O)O. The van der Waals surface area contributed by atoms with E-state index in [0.29, 0.717) is 12.8 Å². The Hall–Kier alpha value is -0.610. The summed E-state index contributed by atoms with van der Waals surface area (Å²) in [6.07, 6.45) is 15.0. The van der Waals surface area contributed by atoms with Crippen LogP contribution in [0.25, 0.3) is 0 Å². The third kappa shape index (κ3) is 14.5. The van der Waals surface area contributed by atoms with Crippen LogP contribution in [-0.2, 0) is 4.79 Å². The molecule has 0 amide bonds. The highest BCUT2D eigenvalue weighted by atomic mass is 16.4. The number of hydrogen-bond acceptors (Lipinski definition) is 3. The summed E-state index contributed by atoms with van der Waals surface area (Å²) in [7, 11) is 0. The van der Waals surface area contributed by atoms with Gasteiger partial charge in [0, 0.05) is 6.42 Å². The molecule has 0 heterocycles. The number of unbranched alkanes of at least 4 members (excludes halogenated alkanes) is 11. The first-order valence-corrected chi connectivity index (χ1v) is 11.1. The Kier molecular flexibility index (Phi) is 17.4. The van der Waals surface area contributed by atoms with Gasteiger partial charge >= 0.3 is 5.97 Å². The molecule has 156 valence electrons. The summed E-state index contributed by atoms with van der Waals surface area (Å²) in [6.45, 7) is 4.35. The summed E-state index contributed by atoms with van der Waals surface area (Å²) < 4.78 is 0. The first kappa shape index (κ1) is 25.4. The van der Waals surface area contributed by atoms with E-state index in [2.05, 4.69) is 13.8 Å². The van der Waals surface area contributed by atoms with Crippen LogP contribution in [0.15, 0.2) is 0 Å². The fourth-order valence-corrected chi connectivity index (χ4v) is 3.52. The van der Waals surface area contributed by atoms with Gasteiger partial charge in [0.1, 0.15) is 0 Å². The Labute approximate surface area is 161 Å². The third-order valence-electron chi connectivity index (χ3n) is 5.30. The molecule has 0 aromatic carbocycles. The van der Waals surface area contributed by atoms with E-state index < -0.39 is 24.1 Å². The Balaban J connectivity index is 3.80. The first-order valence-electron chi connectivity index (χ1n) is 11.1. The Morgan fingerprint density at radius 1 is 0.692 bits per heavy atom. The lowest BCUT2D eigenvalue weighted by molar-refractivity contribution is -0.146. The molecule has 0 aliphatic rings. The van der Waals surface area contributed by atoms with Gasteiger partial charge < -0.3 is 15.3 Å². The first-order chi connectivity index (χ1) is 12.5. The zero-order valence-corrected chi connectivity index (χ0v) is 17.3. The maximum Gasteiger partial charge on any atom is 0.309 e. The number of hydrogen-bond donors (Lipinski definition) is 3. The standard InChI is InChI=1S/C22H44O4/c1-3-5-7-9-10-11-12-13-14-16-19(23)18-21(24)20(22(25)26)17-15-8-6-4-2/h19-21,23-24H,3-18H2,1-2H3,(H,25,26)/t19-,20?,21-/m0/s1. The van der Waals surface area contributed by atoms with Crippen LogP contribution in [0.2, 0.25) is 0 Å². The van der Waals surface area contributed by atoms with Crippen LogP contribution in [0, 0.1) is 5.92 Å². The minimum atomic E-state index is -0.942. The molecule has 4 nitrogen and oxygen atoms in total. The Morgan fingerprint density at radius 3 is 1.62 bits per heavy atom. The van der Waals surface area contributed by atoms with E-state index in [0.717, 1.165) is 38.5 Å². The summed E-state index contributed by atoms with van der Waals surface area (Å²) in [5.41, 5.74) is 0. The molecule has 0 aliphatic heterocycles. The summed E-state index contributed by atoms with van der Waals surface area (Å²) >= 11 is 0. The highest BCUT2D eigenvalue weighted by molar-refractivity contribution is 5.70. The number of carbonyl (C=O) groups is 1. The molecule has 0 bridgehead atoms. The largest absolute Gasteiger partial charge is 0.481 e. The Bertz CT molecular complexity index is 319. The van der Waals surface area contributed by atoms with Gasteiger partial charge in [0.15, 0.2) is 0 Å². The average molecular weight is 373 g/mol. The number of carboxylic acids is 1. The van der Waals surface area contributed by atoms with Gasteiger partial charge in [-0.05, 0) is 12.8 Å². The van der Waals surface area contributed by atoms with Crippen molar-refractivity contribution < 1.29 is 20.1 Å². The average Bonchev–Trinajstić information content (AvgIpc) is 2.59. The van der Waals surface area contributed by atoms with Gasteiger partial charge in [-0.3, -0.25) is 4.79 Å². The van der Waals surface area contributed by atoms with Crippen LogP contribution in [-0.4, -0.2) is 33.5 Å². The van der Waals surface area contributed by atoms with Gasteiger partial charge in [0.2, 0.25) is 0 Å². The van der Waals surface area contributed by atoms with Crippen molar-refractivity contribution >= 4 is 5.97 Å². The van der Waals surface area contributed by atoms with Crippen molar-refractivity contribution in [1.29, 1.82) is 0 Å². The van der Waals surface area contributed by atoms with Crippen molar-refractivity contribution in [2.75, 3.05) is 0 Å². The topological polar surface area (TPSA) is 77.8 Å². The van der Waals surface area contributed by atoms with E-state index in [4.69, 9.17) is 0 Å². The van der Waals surface area contributed by atoms with Gasteiger partial charge in [-0.2, -0.15) is 0 Å². The third-order valence-corrected chi connectivity index (χ3v) is 5.30. The second-order valence-corrected chi connectivity index (χ2v) is 7.87. The molecule has 0 fully saturated rings. The van der Waals surface area contributed by atoms with Crippen LogP contribution >= 0.6 is 0 Å². The molecule has 0 saturated heterocycles. The molecule has 0 aromatic rings. The van der Waals surface area contributed by atoms with E-state index in [1.54, 1.807) is 0 Å². The second-order valence-electron chi connectivity index (χ2n) is 7.87. The van der Waals surface area contributed by atoms with Gasteiger partial charge in [-0.15, -0.1) is 0 Å². The van der Waals surface area contributed by atoms with Crippen molar-refractivity contribution in [3.8, 4) is 0 Å². The number of carboxylic acid groups (broad SMARTS) is 1. The molecule has 3 N–H and O–H groups in total. The van der Waals surface area contributed by atoms with Crippen LogP contribution in [0.5, 0.6) is 0 Å². The lowest BCUT2D eigenvalue weighted by Gasteiger charge is -2.21. The minimum absolute atomic E-state index is 0.182. The smallest absolute Gasteiger partial charge is 0.309 e. The van der Waals surface area contributed by atoms with Crippen LogP contribution < -0.4 is 0 Å². The summed E-state index contributed by atoms with van der Waals surface area (Å²) in [4.78, 5) is 11.4. The van der Waals surface area contributed by atoms with Gasteiger partial charge in [-0.25, -0.2) is 0 Å². The number of aliphatic carboxylic acids is 1. The van der Waals surface area contributed by atoms with Gasteiger partial charge in [-0.1, -0.05) is 97.3 Å². The predicted octanol–water partition coefficient (Wildman–Crippen LogP) is 5.69. The van der Waals surface area contributed by atoms with Crippen molar-refractivity contribution in [2.45, 2.75) is 129 Å². The minimum Gasteiger partial charge on any atom is -0.481 e. The Morgan fingerprint density at radius 2 is 1.12 bits per heavy atom. The highest BCUT2D eigenvalue weighted by Crippen LogP contribution is 2.20. The van der Waals surface area contributed by atoms with Crippen molar-refractivity contribution in [3.63, 3.8) is 0 Å². The summed E-state index contributed by atoms with van der Waals surface area (Å²) in [6, 6.07) is 0. The molecule has 0 radical (unpaired) electrons. The molecule has 0 saturated carbocycles. The number of aliphatic hydroxyl groups is 2. The number of aliphatic hydroxyl groups excluding tert-OH is 2. The van der Waals surface area contributed by atoms with E-state index in [1.807, 2.05) is 0 Å². The summed E-state index contributed by atoms with van der Waals surface area (Å²) in [5, 5.41) is 29.6. The zero-order chi connectivity index (χ0) is 19.6. The monoisotopic (exact) mass is 372 g/mol. The molecule has 26 heavy (non-hydrogen) atoms. The molecule has 0 rings (SSSR count). The fraction of sp³-hybridized carbons (Fsp3) is 0.955. The van der Waals surface area contributed by atoms with E-state index in [1.165, 1.54) is 44.9 Å². The van der Waals surface area contributed by atoms with Crippen LogP contribution in [0.4, 0.5) is 0 Å². The molecule has 4 heteroatoms. The highest BCUT2D eigenvalue weighted by Gasteiger charge is 2.27. The lowest BCUT2D eigenvalue weighted by atomic mass is 9.90.